The topological polar surface area (TPSA) is 439 Å². The average Bonchev–Trinajstić information content (AvgIpc) is 1.89. The number of aromatic nitrogens is 1. The first-order valence-electron chi connectivity index (χ1n) is 30.9. The van der Waals surface area contributed by atoms with Crippen LogP contribution in [0.3, 0.4) is 0 Å². The number of carboxylic acid groups (broad SMARTS) is 2. The Bertz CT molecular complexity index is 3400. The van der Waals surface area contributed by atoms with Gasteiger partial charge in [0.25, 0.3) is 0 Å². The molecule has 2 aromatic heterocycles. The lowest BCUT2D eigenvalue weighted by atomic mass is 10.0. The summed E-state index contributed by atoms with van der Waals surface area (Å²) in [7, 11) is 0. The molecule has 1 fully saturated rings. The highest BCUT2D eigenvalue weighted by Crippen LogP contribution is 2.23. The van der Waals surface area contributed by atoms with Crippen molar-refractivity contribution >= 4 is 93.3 Å². The number of nitrogens with one attached hydrogen (secondary N) is 9. The van der Waals surface area contributed by atoms with E-state index in [1.54, 1.807) is 122 Å². The van der Waals surface area contributed by atoms with Crippen LogP contribution in [-0.2, 0) is 83.2 Å². The molecule has 0 radical (unpaired) electrons. The van der Waals surface area contributed by atoms with Gasteiger partial charge in [-0.1, -0.05) is 113 Å². The number of carbonyl (C=O) groups is 12. The van der Waals surface area contributed by atoms with E-state index in [0.717, 1.165) is 0 Å². The molecule has 0 unspecified atom stereocenters. The number of aliphatic carboxylic acids is 2. The number of carboxylic acids is 2. The van der Waals surface area contributed by atoms with Crippen LogP contribution in [0.2, 0.25) is 0 Å². The van der Waals surface area contributed by atoms with Gasteiger partial charge in [0, 0.05) is 54.2 Å². The number of likely N-dealkylation sites (tertiary alicyclic amines) is 1. The van der Waals surface area contributed by atoms with Gasteiger partial charge in [-0.05, 0) is 84.7 Å². The van der Waals surface area contributed by atoms with E-state index in [1.807, 2.05) is 13.8 Å². The first-order chi connectivity index (χ1) is 44.3. The smallest absolute Gasteiger partial charge is 0.326 e. The van der Waals surface area contributed by atoms with Crippen molar-refractivity contribution in [3.8, 4) is 0 Å². The van der Waals surface area contributed by atoms with E-state index in [-0.39, 0.29) is 69.9 Å². The number of rotatable bonds is 36. The molecule has 1 saturated heterocycles. The molecular formula is C65H85N13O14S. The van der Waals surface area contributed by atoms with E-state index < -0.39 is 144 Å². The summed E-state index contributed by atoms with van der Waals surface area (Å²) in [6, 6.07) is 13.3. The van der Waals surface area contributed by atoms with Crippen LogP contribution in [0.5, 0.6) is 0 Å². The van der Waals surface area contributed by atoms with Gasteiger partial charge >= 0.3 is 11.9 Å². The Morgan fingerprint density at radius 3 is 1.66 bits per heavy atom. The number of carbonyl (C=O) groups excluding carboxylic acids is 10. The van der Waals surface area contributed by atoms with Gasteiger partial charge < -0.3 is 79.8 Å². The maximum Gasteiger partial charge on any atom is 0.326 e. The lowest BCUT2D eigenvalue weighted by molar-refractivity contribution is -0.144. The maximum absolute atomic E-state index is 15.0. The maximum atomic E-state index is 15.0. The van der Waals surface area contributed by atoms with Gasteiger partial charge in [-0.2, -0.15) is 0 Å². The Balaban J connectivity index is 1.22. The molecule has 27 nitrogen and oxygen atoms in total. The van der Waals surface area contributed by atoms with Crippen molar-refractivity contribution in [2.24, 2.45) is 29.0 Å². The molecule has 1 aliphatic heterocycles. The second-order valence-electron chi connectivity index (χ2n) is 23.8. The van der Waals surface area contributed by atoms with E-state index in [0.29, 0.717) is 45.3 Å². The van der Waals surface area contributed by atoms with Gasteiger partial charge in [0.15, 0.2) is 0 Å². The lowest BCUT2D eigenvalue weighted by Crippen LogP contribution is -2.61. The van der Waals surface area contributed by atoms with Crippen molar-refractivity contribution in [3.05, 3.63) is 130 Å². The number of primary amides is 1. The summed E-state index contributed by atoms with van der Waals surface area (Å²) in [6.07, 6.45) is 0.108. The third-order valence-corrected chi connectivity index (χ3v) is 16.6. The Morgan fingerprint density at radius 2 is 1.10 bits per heavy atom. The number of nitrogens with two attached hydrogens (primary N) is 3. The molecule has 0 spiro atoms. The minimum atomic E-state index is -1.95. The molecule has 3 heterocycles. The fourth-order valence-corrected chi connectivity index (χ4v) is 11.5. The van der Waals surface area contributed by atoms with Crippen molar-refractivity contribution in [2.45, 2.75) is 159 Å². The van der Waals surface area contributed by atoms with Crippen molar-refractivity contribution in [1.82, 2.24) is 52.4 Å². The Hall–Kier alpha value is -9.54. The zero-order chi connectivity index (χ0) is 67.9. The number of benzene rings is 3. The van der Waals surface area contributed by atoms with Crippen molar-refractivity contribution in [2.75, 3.05) is 13.1 Å². The minimum absolute atomic E-state index is 0.00211. The number of fused-ring (bicyclic) bond motifs is 1. The Kier molecular flexibility index (Phi) is 27.5. The molecule has 28 heteroatoms. The minimum Gasteiger partial charge on any atom is -0.481 e. The highest BCUT2D eigenvalue weighted by atomic mass is 32.1. The first kappa shape index (κ1) is 72.5. The van der Waals surface area contributed by atoms with Crippen LogP contribution in [-0.4, -0.2) is 165 Å². The standard InChI is InChI=1S/C65H85N13O14S/c1-36(2)28-45(71-56(82)44(23-13-25-66)70-63(89)55(68)37(3)4)57(83)76-50(32-41-20-15-27-93-41)64(90)78-26-14-24-52(78)62(88)75-47(30-39-18-9-6-10-19-39)59(85)72-46(29-38-16-7-5-8-17-38)58(84)73-48(33-53(67)79)60(86)74-49(34-54(80)81)61(87)77-51(65(91)92)31-40-35-69-43-22-12-11-21-42(40)43/h5-12,15-22,27,35-37,44-52,55,69H,13-14,23-26,28-34,66,68H2,1-4H3,(H2,67,79)(H,70,89)(H,71,82)(H,72,85)(H,73,84)(H,74,86)(H,75,88)(H,76,83)(H,77,87)(H,80,81)(H,91,92)/t44-,45-,46-,47-,48-,49-,50-,51-,52-,55-/m0/s1. The Labute approximate surface area is 542 Å². The largest absolute Gasteiger partial charge is 0.481 e. The predicted molar refractivity (Wildman–Crippen MR) is 345 cm³/mol. The van der Waals surface area contributed by atoms with E-state index >= 15 is 0 Å². The second-order valence-corrected chi connectivity index (χ2v) is 24.9. The summed E-state index contributed by atoms with van der Waals surface area (Å²) in [5.41, 5.74) is 19.7. The number of nitrogens with zero attached hydrogens (tertiary/aromatic N) is 1. The summed E-state index contributed by atoms with van der Waals surface area (Å²) in [4.78, 5) is 171. The molecular weight excluding hydrogens is 1220 g/mol. The molecule has 17 N–H and O–H groups in total. The third kappa shape index (κ3) is 22.1. The van der Waals surface area contributed by atoms with Crippen LogP contribution in [0.25, 0.3) is 10.9 Å². The van der Waals surface area contributed by atoms with Gasteiger partial charge in [0.1, 0.15) is 54.4 Å². The monoisotopic (exact) mass is 1300 g/mol. The molecule has 0 aliphatic carbocycles. The Morgan fingerprint density at radius 1 is 0.581 bits per heavy atom. The lowest BCUT2D eigenvalue weighted by Gasteiger charge is -2.31. The van der Waals surface area contributed by atoms with Crippen LogP contribution in [0.15, 0.2) is 109 Å². The molecule has 0 bridgehead atoms. The zero-order valence-electron chi connectivity index (χ0n) is 52.4. The SMILES string of the molecule is CC(C)C[C@H](NC(=O)[C@H](CCCN)NC(=O)[C@@H](N)C(C)C)C(=O)N[C@@H](Cc1cccs1)C(=O)N1CCC[C@H]1C(=O)N[C@@H](Cc1ccccc1)C(=O)N[C@@H](Cc1ccccc1)C(=O)N[C@@H](CC(N)=O)C(=O)N[C@@H](CC(=O)O)C(=O)N[C@@H](Cc1c[nH]c2ccccc12)C(=O)O. The van der Waals surface area contributed by atoms with Crippen LogP contribution in [0, 0.1) is 11.8 Å². The highest BCUT2D eigenvalue weighted by molar-refractivity contribution is 7.09. The fraction of sp³-hybridized carbons (Fsp3) is 0.446. The van der Waals surface area contributed by atoms with E-state index in [4.69, 9.17) is 17.2 Å². The molecule has 10 amide bonds. The number of para-hydroxylation sites is 1. The summed E-state index contributed by atoms with van der Waals surface area (Å²) in [6.45, 7) is 7.52. The van der Waals surface area contributed by atoms with E-state index in [1.165, 1.54) is 16.2 Å². The summed E-state index contributed by atoms with van der Waals surface area (Å²) in [5.74, 6) is -12.3. The van der Waals surface area contributed by atoms with E-state index in [2.05, 4.69) is 47.5 Å². The fourth-order valence-electron chi connectivity index (χ4n) is 10.7. The number of H-pyrrole nitrogens is 1. The van der Waals surface area contributed by atoms with Gasteiger partial charge in [0.05, 0.1) is 18.9 Å². The number of thiophene rings is 1. The molecule has 500 valence electrons. The van der Waals surface area contributed by atoms with Crippen LogP contribution in [0.1, 0.15) is 94.2 Å². The average molecular weight is 1300 g/mol. The van der Waals surface area contributed by atoms with Crippen LogP contribution < -0.4 is 59.7 Å². The predicted octanol–water partition coefficient (Wildman–Crippen LogP) is 0.572. The van der Waals surface area contributed by atoms with Crippen molar-refractivity contribution in [1.29, 1.82) is 0 Å². The molecule has 3 aromatic carbocycles. The molecule has 0 saturated carbocycles. The van der Waals surface area contributed by atoms with E-state index in [9.17, 15) is 67.7 Å². The zero-order valence-corrected chi connectivity index (χ0v) is 53.2. The highest BCUT2D eigenvalue weighted by Gasteiger charge is 2.41. The summed E-state index contributed by atoms with van der Waals surface area (Å²) < 4.78 is 0. The number of aromatic amines is 1. The van der Waals surface area contributed by atoms with Crippen LogP contribution in [0.4, 0.5) is 0 Å². The number of amides is 10. The first-order valence-corrected chi connectivity index (χ1v) is 31.8. The van der Waals surface area contributed by atoms with Gasteiger partial charge in [-0.3, -0.25) is 52.7 Å². The molecule has 10 atom stereocenters. The normalized spacial score (nSPS) is 15.8. The van der Waals surface area contributed by atoms with Gasteiger partial charge in [-0.25, -0.2) is 4.79 Å². The van der Waals surface area contributed by atoms with Gasteiger partial charge in [0.2, 0.25) is 59.1 Å². The summed E-state index contributed by atoms with van der Waals surface area (Å²) >= 11 is 1.33. The van der Waals surface area contributed by atoms with Crippen LogP contribution >= 0.6 is 11.3 Å². The molecule has 6 rings (SSSR count). The number of hydrogen-bond acceptors (Lipinski definition) is 15. The third-order valence-electron chi connectivity index (χ3n) is 15.7. The van der Waals surface area contributed by atoms with Gasteiger partial charge in [-0.15, -0.1) is 11.3 Å². The molecule has 1 aliphatic rings. The summed E-state index contributed by atoms with van der Waals surface area (Å²) in [5, 5.41) is 43.2. The second kappa shape index (κ2) is 35.3. The quantitative estimate of drug-likeness (QED) is 0.0261. The van der Waals surface area contributed by atoms with Crippen molar-refractivity contribution in [3.63, 3.8) is 0 Å². The number of hydrogen-bond donors (Lipinski definition) is 14. The molecule has 93 heavy (non-hydrogen) atoms. The molecule has 5 aromatic rings. The van der Waals surface area contributed by atoms with Crippen molar-refractivity contribution < 1.29 is 67.7 Å².